The molecule has 3 saturated heterocycles. The van der Waals surface area contributed by atoms with Crippen LogP contribution in [0.15, 0.2) is 35.1 Å². The fraction of sp³-hybridized carbons (Fsp3) is 0.500. The van der Waals surface area contributed by atoms with Crippen molar-refractivity contribution in [1.82, 2.24) is 30.0 Å². The molecule has 3 aliphatic heterocycles. The van der Waals surface area contributed by atoms with Gasteiger partial charge in [0, 0.05) is 44.1 Å². The molecule has 3 aromatic rings. The molecule has 0 unspecified atom stereocenters. The number of piperidine rings is 1. The fourth-order valence-electron chi connectivity index (χ4n) is 4.56. The highest BCUT2D eigenvalue weighted by Gasteiger charge is 2.35. The first-order valence-electron chi connectivity index (χ1n) is 9.78. The average Bonchev–Trinajstić information content (AvgIpc) is 3.37. The predicted octanol–water partition coefficient (Wildman–Crippen LogP) is 3.64. The van der Waals surface area contributed by atoms with Crippen molar-refractivity contribution in [2.45, 2.75) is 38.9 Å². The third-order valence-corrected chi connectivity index (χ3v) is 6.00. The van der Waals surface area contributed by atoms with E-state index in [0.29, 0.717) is 6.04 Å². The van der Waals surface area contributed by atoms with Crippen molar-refractivity contribution in [3.05, 3.63) is 47.9 Å². The maximum atomic E-state index is 6.07. The number of imidazole rings is 1. The molecule has 9 heteroatoms. The SMILES string of the molecule is Cc1[nH]cnc1CN1C[C@@H]2CC[C@H](C1)N(Cc1ccc(-c3ccn[nH]3)o1)C2.Cl.Cl. The summed E-state index contributed by atoms with van der Waals surface area (Å²) in [4.78, 5) is 12.9. The number of halogens is 2. The smallest absolute Gasteiger partial charge is 0.152 e. The van der Waals surface area contributed by atoms with Crippen molar-refractivity contribution in [1.29, 1.82) is 0 Å². The Morgan fingerprint density at radius 3 is 2.76 bits per heavy atom. The lowest BCUT2D eigenvalue weighted by molar-refractivity contribution is 0.114. The Kier molecular flexibility index (Phi) is 7.05. The molecule has 0 spiro atoms. The third-order valence-electron chi connectivity index (χ3n) is 6.00. The highest BCUT2D eigenvalue weighted by atomic mass is 35.5. The molecule has 0 saturated carbocycles. The van der Waals surface area contributed by atoms with Gasteiger partial charge in [0.2, 0.25) is 0 Å². The second-order valence-corrected chi connectivity index (χ2v) is 7.93. The molecule has 7 nitrogen and oxygen atoms in total. The van der Waals surface area contributed by atoms with E-state index in [9.17, 15) is 0 Å². The predicted molar refractivity (Wildman–Crippen MR) is 116 cm³/mol. The fourth-order valence-corrected chi connectivity index (χ4v) is 4.56. The number of fused-ring (bicyclic) bond motifs is 4. The Hall–Kier alpha value is -1.80. The molecule has 3 fully saturated rings. The highest BCUT2D eigenvalue weighted by Crippen LogP contribution is 2.31. The van der Waals surface area contributed by atoms with Crippen molar-refractivity contribution >= 4 is 24.8 Å². The summed E-state index contributed by atoms with van der Waals surface area (Å²) in [6.45, 7) is 7.36. The van der Waals surface area contributed by atoms with Crippen molar-refractivity contribution in [2.24, 2.45) is 5.92 Å². The largest absolute Gasteiger partial charge is 0.458 e. The zero-order valence-corrected chi connectivity index (χ0v) is 18.1. The van der Waals surface area contributed by atoms with Crippen LogP contribution in [0.25, 0.3) is 11.5 Å². The maximum Gasteiger partial charge on any atom is 0.152 e. The van der Waals surface area contributed by atoms with E-state index in [1.165, 1.54) is 24.2 Å². The molecule has 29 heavy (non-hydrogen) atoms. The summed E-state index contributed by atoms with van der Waals surface area (Å²) in [7, 11) is 0. The van der Waals surface area contributed by atoms with Gasteiger partial charge in [0.1, 0.15) is 11.5 Å². The number of H-pyrrole nitrogens is 2. The van der Waals surface area contributed by atoms with Gasteiger partial charge < -0.3 is 9.40 Å². The van der Waals surface area contributed by atoms with Crippen LogP contribution < -0.4 is 0 Å². The van der Waals surface area contributed by atoms with E-state index >= 15 is 0 Å². The van der Waals surface area contributed by atoms with Gasteiger partial charge in [-0.1, -0.05) is 0 Å². The molecule has 2 atom stereocenters. The zero-order valence-electron chi connectivity index (χ0n) is 16.5. The first-order valence-corrected chi connectivity index (χ1v) is 9.78. The van der Waals surface area contributed by atoms with Crippen molar-refractivity contribution in [2.75, 3.05) is 19.6 Å². The van der Waals surface area contributed by atoms with Crippen molar-refractivity contribution in [3.8, 4) is 11.5 Å². The minimum Gasteiger partial charge on any atom is -0.458 e. The molecule has 2 N–H and O–H groups in total. The first kappa shape index (κ1) is 21.9. The van der Waals surface area contributed by atoms with Gasteiger partial charge in [-0.05, 0) is 43.9 Å². The zero-order chi connectivity index (χ0) is 18.2. The summed E-state index contributed by atoms with van der Waals surface area (Å²) in [6.07, 6.45) is 6.15. The number of aromatic amines is 2. The normalized spacial score (nSPS) is 22.1. The molecule has 6 rings (SSSR count). The Morgan fingerprint density at radius 1 is 1.10 bits per heavy atom. The van der Waals surface area contributed by atoms with E-state index < -0.39 is 0 Å². The minimum atomic E-state index is 0. The van der Waals surface area contributed by atoms with Crippen molar-refractivity contribution in [3.63, 3.8) is 0 Å². The lowest BCUT2D eigenvalue weighted by atomic mass is 9.95. The summed E-state index contributed by atoms with van der Waals surface area (Å²) >= 11 is 0. The number of furan rings is 1. The standard InChI is InChI=1S/C20H26N6O.2ClH/c1-14-19(22-13-21-14)12-25-8-15-2-3-16(10-25)26(9-15)11-17-4-5-20(27-17)18-6-7-23-24-18;;/h4-7,13,15-16H,2-3,8-12H2,1H3,(H,21,22)(H,23,24);2*1H/t15-,16+;;/m0../s1. The van der Waals surface area contributed by atoms with Crippen molar-refractivity contribution < 1.29 is 4.42 Å². The Morgan fingerprint density at radius 2 is 2.00 bits per heavy atom. The summed E-state index contributed by atoms with van der Waals surface area (Å²) in [5, 5.41) is 6.97. The van der Waals surface area contributed by atoms with Crippen LogP contribution in [0.2, 0.25) is 0 Å². The van der Waals surface area contributed by atoms with Gasteiger partial charge in [0.15, 0.2) is 5.76 Å². The van der Waals surface area contributed by atoms with Crippen LogP contribution >= 0.6 is 24.8 Å². The number of nitrogens with zero attached hydrogens (tertiary/aromatic N) is 4. The molecule has 158 valence electrons. The second-order valence-electron chi connectivity index (χ2n) is 7.93. The number of rotatable bonds is 5. The van der Waals surface area contributed by atoms with E-state index in [2.05, 4.69) is 43.0 Å². The monoisotopic (exact) mass is 438 g/mol. The topological polar surface area (TPSA) is 77.0 Å². The molecule has 6 heterocycles. The lowest BCUT2D eigenvalue weighted by Gasteiger charge is -2.35. The molecular weight excluding hydrogens is 411 g/mol. The molecular formula is C20H28Cl2N6O. The number of nitrogens with one attached hydrogen (secondary N) is 2. The summed E-state index contributed by atoms with van der Waals surface area (Å²) in [6, 6.07) is 6.65. The number of hydrogen-bond acceptors (Lipinski definition) is 5. The highest BCUT2D eigenvalue weighted by molar-refractivity contribution is 5.85. The van der Waals surface area contributed by atoms with Gasteiger partial charge in [-0.15, -0.1) is 24.8 Å². The van der Waals surface area contributed by atoms with Gasteiger partial charge in [-0.25, -0.2) is 4.98 Å². The average molecular weight is 439 g/mol. The van der Waals surface area contributed by atoms with E-state index in [4.69, 9.17) is 4.42 Å². The van der Waals surface area contributed by atoms with Gasteiger partial charge in [0.05, 0.1) is 18.6 Å². The van der Waals surface area contributed by atoms with E-state index in [1.54, 1.807) is 12.5 Å². The van der Waals surface area contributed by atoms with Gasteiger partial charge >= 0.3 is 0 Å². The molecule has 2 bridgehead atoms. The molecule has 0 aromatic carbocycles. The summed E-state index contributed by atoms with van der Waals surface area (Å²) in [5.74, 6) is 2.62. The van der Waals surface area contributed by atoms with E-state index in [1.807, 2.05) is 12.1 Å². The number of aromatic nitrogens is 4. The van der Waals surface area contributed by atoms with Crippen LogP contribution in [0, 0.1) is 12.8 Å². The molecule has 0 radical (unpaired) electrons. The quantitative estimate of drug-likeness (QED) is 0.635. The Labute approximate surface area is 183 Å². The van der Waals surface area contributed by atoms with Gasteiger partial charge in [-0.3, -0.25) is 14.9 Å². The summed E-state index contributed by atoms with van der Waals surface area (Å²) < 4.78 is 6.07. The van der Waals surface area contributed by atoms with Crippen LogP contribution in [-0.4, -0.2) is 55.6 Å². The third kappa shape index (κ3) is 4.69. The van der Waals surface area contributed by atoms with Gasteiger partial charge in [-0.2, -0.15) is 5.10 Å². The lowest BCUT2D eigenvalue weighted by Crippen LogP contribution is -2.43. The number of hydrogen-bond donors (Lipinski definition) is 2. The minimum absolute atomic E-state index is 0. The summed E-state index contributed by atoms with van der Waals surface area (Å²) in [5.41, 5.74) is 3.29. The molecule has 3 aliphatic rings. The van der Waals surface area contributed by atoms with Crippen LogP contribution in [-0.2, 0) is 13.1 Å². The van der Waals surface area contributed by atoms with Crippen LogP contribution in [0.3, 0.4) is 0 Å². The Bertz CT molecular complexity index is 893. The Balaban J connectivity index is 0.00000120. The number of aryl methyl sites for hydroxylation is 1. The van der Waals surface area contributed by atoms with E-state index in [-0.39, 0.29) is 24.8 Å². The van der Waals surface area contributed by atoms with Crippen LogP contribution in [0.1, 0.15) is 30.0 Å². The molecule has 0 aliphatic carbocycles. The molecule has 3 aromatic heterocycles. The van der Waals surface area contributed by atoms with E-state index in [0.717, 1.165) is 55.9 Å². The van der Waals surface area contributed by atoms with Crippen LogP contribution in [0.5, 0.6) is 0 Å². The molecule has 0 amide bonds. The van der Waals surface area contributed by atoms with Gasteiger partial charge in [0.25, 0.3) is 0 Å². The second kappa shape index (κ2) is 9.34. The maximum absolute atomic E-state index is 6.07. The van der Waals surface area contributed by atoms with Crippen LogP contribution in [0.4, 0.5) is 0 Å². The first-order chi connectivity index (χ1) is 13.2.